The van der Waals surface area contributed by atoms with Gasteiger partial charge in [0.1, 0.15) is 0 Å². The molecule has 584 valence electrons. The van der Waals surface area contributed by atoms with Crippen molar-refractivity contribution >= 4 is 139 Å². The van der Waals surface area contributed by atoms with Crippen molar-refractivity contribution < 1.29 is 185 Å². The molecular weight excluding hydrogens is 1590 g/mol. The fourth-order valence-corrected chi connectivity index (χ4v) is 42.8. The second-order valence-corrected chi connectivity index (χ2v) is 51.8. The summed E-state index contributed by atoms with van der Waals surface area (Å²) in [5, 5.41) is 3.59. The number of aromatic nitrogens is 2. The van der Waals surface area contributed by atoms with E-state index in [1.54, 1.807) is 0 Å². The predicted octanol–water partition coefficient (Wildman–Crippen LogP) is -1.38. The molecule has 39 heteroatoms. The van der Waals surface area contributed by atoms with Gasteiger partial charge >= 0.3 is 676 Å². The number of aliphatic imine (C=N–C) groups is 2. The van der Waals surface area contributed by atoms with Gasteiger partial charge in [-0.15, -0.1) is 5.06 Å². The van der Waals surface area contributed by atoms with Crippen LogP contribution in [0.15, 0.2) is 117 Å². The van der Waals surface area contributed by atoms with Crippen molar-refractivity contribution in [2.45, 2.75) is 154 Å². The Labute approximate surface area is 717 Å². The Morgan fingerprint density at radius 1 is 0.486 bits per heavy atom. The molecule has 29 nitrogen and oxygen atoms in total. The molecule has 1 atom stereocenters. The summed E-state index contributed by atoms with van der Waals surface area (Å²) < 4.78 is 172. The number of unbranched alkanes of at least 4 members (excludes halogenated alkanes) is 7. The number of benzene rings is 4. The molecule has 7 aliphatic heterocycles. The summed E-state index contributed by atoms with van der Waals surface area (Å²) in [6.45, 7) is 16.7. The summed E-state index contributed by atoms with van der Waals surface area (Å²) in [4.78, 5) is 66.5. The van der Waals surface area contributed by atoms with Crippen molar-refractivity contribution in [3.63, 3.8) is 0 Å². The van der Waals surface area contributed by atoms with Gasteiger partial charge < -0.3 is 4.84 Å². The summed E-state index contributed by atoms with van der Waals surface area (Å²) in [6.07, 6.45) is 5.15. The molecule has 1 spiro atoms. The van der Waals surface area contributed by atoms with E-state index in [-0.39, 0.29) is 134 Å². The number of nitrogens with zero attached hydrogens (tertiary/aromatic N) is 11. The second-order valence-electron chi connectivity index (χ2n) is 31.3. The topological polar surface area (TPSA) is 373 Å². The third kappa shape index (κ3) is 17.1. The Morgan fingerprint density at radius 3 is 1.23 bits per heavy atom. The van der Waals surface area contributed by atoms with Crippen LogP contribution in [0.1, 0.15) is 138 Å². The fraction of sp³-hybridized carbons (Fsp3) is 0.500. The zero-order valence-corrected chi connectivity index (χ0v) is 76.8. The Hall–Kier alpha value is -4.02. The molecule has 0 aliphatic carbocycles. The van der Waals surface area contributed by atoms with Crippen LogP contribution in [-0.2, 0) is 67.9 Å². The van der Waals surface area contributed by atoms with E-state index in [2.05, 4.69) is 50.1 Å². The normalized spacial score (nSPS) is 18.0. The summed E-state index contributed by atoms with van der Waals surface area (Å²) in [6, 6.07) is 33.1. The van der Waals surface area contributed by atoms with E-state index < -0.39 is 106 Å². The zero-order valence-electron chi connectivity index (χ0n) is 64.5. The van der Waals surface area contributed by atoms with Crippen LogP contribution in [0.25, 0.3) is 21.5 Å². The van der Waals surface area contributed by atoms with Crippen LogP contribution >= 0.6 is 0 Å². The molecule has 9 heterocycles. The molecule has 13 rings (SSSR count). The number of quaternary nitrogens is 2. The molecule has 111 heavy (non-hydrogen) atoms. The van der Waals surface area contributed by atoms with Gasteiger partial charge in [0.2, 0.25) is 0 Å². The van der Waals surface area contributed by atoms with Gasteiger partial charge in [-0.2, -0.15) is 0 Å². The molecule has 4 aromatic carbocycles. The van der Waals surface area contributed by atoms with Gasteiger partial charge in [0.15, 0.2) is 0 Å². The van der Waals surface area contributed by atoms with Gasteiger partial charge in [0, 0.05) is 12.8 Å². The van der Waals surface area contributed by atoms with E-state index in [9.17, 15) is 74.5 Å². The van der Waals surface area contributed by atoms with E-state index in [0.29, 0.717) is 195 Å². The van der Waals surface area contributed by atoms with Gasteiger partial charge in [0.05, 0.1) is 0 Å². The minimum Gasteiger partial charge on any atom is 1.00 e. The Bertz CT molecular complexity index is 5200. The largest absolute Gasteiger partial charge is 1.00 e. The molecule has 1 fully saturated rings. The number of hydroxylamine groups is 2. The van der Waals surface area contributed by atoms with E-state index in [4.69, 9.17) is 24.8 Å². The molecule has 7 aliphatic rings. The molecule has 2 amide bonds. The molecule has 0 saturated carbocycles. The number of imide groups is 1. The van der Waals surface area contributed by atoms with Crippen LogP contribution in [0.4, 0.5) is 11.6 Å². The first kappa shape index (κ1) is 89.3. The number of hydrogen-bond donors (Lipinski definition) is 1. The number of carbonyl (C=O) groups is 3. The maximum atomic E-state index is 13.1. The van der Waals surface area contributed by atoms with Gasteiger partial charge in [-0.05, 0) is 0 Å². The molecule has 0 radical (unpaired) electrons. The standard InChI is InChI=1S/C72H97N11O18S4Si3.3Na/c1-6-7-40-82(42-19-23-48-102(87,88)89,43-20-24-49-103(90,91)92)46-27-52-106(2,3)100-108(101-107(4,5)53-28-47-83(44-21-25-50-104(93,94)95,45-22-26-51-105(96,97)98)41-18-8-9-37-64(86)99-77-62(84)38-39-63(77)85)78-65-54-29-10-11-30-55(54)66(78)74-68-58-33-14-15-34-59(58)70(80(68)108)76-72-61-36-17-16-35-60(61)71(81(72)108)75-69-57-32-13-12-31-56(57)67(73-65)79(69)108;;;/h10-17,29-36H,1,6-9,18-28,37-53H2,2-5H3,(H3-,87,88,89,90,91,92,93,94,95,96,97,98);;;/q;3*+1/p-2. The minimum absolute atomic E-state index is 0. The maximum Gasteiger partial charge on any atom is 1.00 e. The average molecular weight is 1680 g/mol. The summed E-state index contributed by atoms with van der Waals surface area (Å²) in [5.41, 5.74) is 4.11. The average Bonchev–Trinajstić information content (AvgIpc) is 1.46. The minimum atomic E-state index is -7.38. The van der Waals surface area contributed by atoms with E-state index in [1.165, 1.54) is 0 Å². The smallest absolute Gasteiger partial charge is 1.00 e. The van der Waals surface area contributed by atoms with Crippen LogP contribution in [-0.4, -0.2) is 224 Å². The molecule has 0 bridgehead atoms. The number of rotatable bonds is 42. The number of amidine groups is 4. The predicted molar refractivity (Wildman–Crippen MR) is 409 cm³/mol. The van der Waals surface area contributed by atoms with E-state index in [1.807, 2.05) is 97.1 Å². The molecule has 2 aromatic heterocycles. The monoisotopic (exact) mass is 1680 g/mol. The Balaban J connectivity index is 0.00000436. The van der Waals surface area contributed by atoms with Crippen molar-refractivity contribution in [3.8, 4) is 0 Å². The van der Waals surface area contributed by atoms with E-state index >= 15 is 0 Å². The second kappa shape index (κ2) is 33.8. The SMILES string of the molecule is [CH2-]CCC[N+](CCCCS(=O)(=O)[O-])(CCCCS(=O)(=O)[O-])CCC[Si](C)(C)O[Si-2]123(O[Si](C)(C)CCC[N+](CCCCCC(=O)ON4C(=O)CCC4=O)(CCCCS(=O)(=O)[O-])CCCCS(=O)(=O)O)n4c5c6ccccc6c4N=C4c6ccccc6C(=[N+]41)N=c1c4ccccc4c(n12)=NC1=[N+]3C(=N5)c2ccccc21.[Na+].[Na+].[Na+]. The van der Waals surface area contributed by atoms with Crippen LogP contribution in [0, 0.1) is 6.92 Å². The molecule has 1 N–H and O–H groups in total. The Morgan fingerprint density at radius 2 is 0.838 bits per heavy atom. The Kier molecular flexibility index (Phi) is 27.2. The maximum absolute atomic E-state index is 13.1. The zero-order chi connectivity index (χ0) is 77.2. The van der Waals surface area contributed by atoms with Crippen molar-refractivity contribution in [3.05, 3.63) is 137 Å². The summed E-state index contributed by atoms with van der Waals surface area (Å²) in [7, 11) is -32.8. The molecule has 1 saturated heterocycles. The molecule has 6 aromatic rings. The van der Waals surface area contributed by atoms with Crippen LogP contribution < -0.4 is 99.6 Å². The molecular formula is C72H95N11Na3O18S4Si3+. The van der Waals surface area contributed by atoms with Crippen molar-refractivity contribution in [1.29, 1.82) is 0 Å². The van der Waals surface area contributed by atoms with Crippen molar-refractivity contribution in [1.82, 2.24) is 13.5 Å². The fourth-order valence-electron chi connectivity index (χ4n) is 18.3. The van der Waals surface area contributed by atoms with Crippen molar-refractivity contribution in [2.75, 3.05) is 75.4 Å². The summed E-state index contributed by atoms with van der Waals surface area (Å²) in [5.74, 6) is -0.977. The number of carbonyl (C=O) groups excluding carboxylic acids is 3. The first-order valence-electron chi connectivity index (χ1n) is 37.5. The molecule has 1 unspecified atom stereocenters. The first-order valence-corrected chi connectivity index (χ1v) is 52.7. The van der Waals surface area contributed by atoms with Crippen LogP contribution in [0.5, 0.6) is 0 Å². The summed E-state index contributed by atoms with van der Waals surface area (Å²) >= 11 is 0. The van der Waals surface area contributed by atoms with Crippen molar-refractivity contribution in [2.24, 2.45) is 20.0 Å². The third-order valence-corrected chi connectivity index (χ3v) is 42.5. The quantitative estimate of drug-likeness (QED) is 0.0115. The first-order chi connectivity index (χ1) is 51.0. The third-order valence-electron chi connectivity index (χ3n) is 22.6. The van der Waals surface area contributed by atoms with Gasteiger partial charge in [-0.3, -0.25) is 9.59 Å². The van der Waals surface area contributed by atoms with Gasteiger partial charge in [-0.25, -0.2) is 4.79 Å². The van der Waals surface area contributed by atoms with Gasteiger partial charge in [0.25, 0.3) is 11.8 Å². The van der Waals surface area contributed by atoms with Gasteiger partial charge in [-0.1, -0.05) is 0 Å². The van der Waals surface area contributed by atoms with E-state index in [0.717, 1.165) is 43.8 Å². The number of hydrogen-bond acceptors (Lipinski definition) is 21. The van der Waals surface area contributed by atoms with Crippen LogP contribution in [0.2, 0.25) is 38.3 Å². The number of amides is 2. The number of fused-ring (bicyclic) bond motifs is 12. The van der Waals surface area contributed by atoms with Crippen LogP contribution in [0.3, 0.4) is 0 Å².